The topological polar surface area (TPSA) is 102 Å². The molecule has 0 aromatic heterocycles. The zero-order valence-electron chi connectivity index (χ0n) is 17.7. The van der Waals surface area contributed by atoms with Crippen molar-refractivity contribution in [2.75, 3.05) is 20.8 Å². The van der Waals surface area contributed by atoms with Crippen molar-refractivity contribution >= 4 is 24.1 Å². The zero-order valence-corrected chi connectivity index (χ0v) is 17.7. The number of rotatable bonds is 4. The van der Waals surface area contributed by atoms with E-state index in [1.807, 2.05) is 6.07 Å². The molecular formula is C22H24N2O7. The third-order valence-electron chi connectivity index (χ3n) is 5.45. The van der Waals surface area contributed by atoms with E-state index >= 15 is 0 Å². The lowest BCUT2D eigenvalue weighted by atomic mass is 9.73. The molecule has 0 spiro atoms. The smallest absolute Gasteiger partial charge is 0.417 e. The summed E-state index contributed by atoms with van der Waals surface area (Å²) in [5, 5.41) is 0. The molecule has 0 unspecified atom stereocenters. The average molecular weight is 428 g/mol. The molecule has 2 heterocycles. The first kappa shape index (κ1) is 22.1. The number of amides is 3. The maximum atomic E-state index is 13.6. The van der Waals surface area contributed by atoms with E-state index in [0.29, 0.717) is 0 Å². The summed E-state index contributed by atoms with van der Waals surface area (Å²) in [5.74, 6) is -1.98. The van der Waals surface area contributed by atoms with E-state index in [1.165, 1.54) is 26.6 Å². The van der Waals surface area contributed by atoms with Crippen LogP contribution >= 0.6 is 0 Å². The van der Waals surface area contributed by atoms with Gasteiger partial charge >= 0.3 is 18.2 Å². The first-order valence-electron chi connectivity index (χ1n) is 9.62. The van der Waals surface area contributed by atoms with E-state index in [4.69, 9.17) is 14.2 Å². The molecule has 0 bridgehead atoms. The summed E-state index contributed by atoms with van der Waals surface area (Å²) in [4.78, 5) is 52.7. The van der Waals surface area contributed by atoms with Crippen molar-refractivity contribution in [2.45, 2.75) is 19.9 Å². The van der Waals surface area contributed by atoms with E-state index < -0.39 is 41.4 Å². The van der Waals surface area contributed by atoms with Gasteiger partial charge in [-0.3, -0.25) is 14.5 Å². The van der Waals surface area contributed by atoms with E-state index in [-0.39, 0.29) is 12.2 Å². The molecule has 2 aliphatic heterocycles. The minimum Gasteiger partial charge on any atom is -0.469 e. The van der Waals surface area contributed by atoms with Crippen LogP contribution in [-0.2, 0) is 23.8 Å². The molecule has 1 aromatic carbocycles. The molecule has 1 aromatic rings. The number of benzene rings is 1. The molecule has 3 rings (SSSR count). The van der Waals surface area contributed by atoms with Gasteiger partial charge in [0.25, 0.3) is 5.91 Å². The Hall–Kier alpha value is -3.62. The van der Waals surface area contributed by atoms with Gasteiger partial charge in [-0.1, -0.05) is 36.4 Å². The van der Waals surface area contributed by atoms with Crippen LogP contribution in [0.5, 0.6) is 0 Å². The van der Waals surface area contributed by atoms with Crippen molar-refractivity contribution in [2.24, 2.45) is 11.3 Å². The minimum atomic E-state index is -1.15. The number of carbonyl (C=O) groups is 4. The molecule has 2 atom stereocenters. The van der Waals surface area contributed by atoms with Crippen molar-refractivity contribution in [1.82, 2.24) is 9.80 Å². The molecule has 0 N–H and O–H groups in total. The quantitative estimate of drug-likeness (QED) is 0.536. The van der Waals surface area contributed by atoms with Crippen LogP contribution in [0.3, 0.4) is 0 Å². The third kappa shape index (κ3) is 4.03. The SMILES string of the molecule is COC(=O)N1C=C[C@@H](C(C)(C)C(=O)OC)C(C(=O)N2C(=O)OC[C@@H]2c2ccccc2)=C1. The summed E-state index contributed by atoms with van der Waals surface area (Å²) in [6.07, 6.45) is 2.71. The van der Waals surface area contributed by atoms with Crippen LogP contribution in [0.2, 0.25) is 0 Å². The lowest BCUT2D eigenvalue weighted by molar-refractivity contribution is -0.152. The number of hydrogen-bond acceptors (Lipinski definition) is 7. The zero-order chi connectivity index (χ0) is 22.8. The van der Waals surface area contributed by atoms with E-state index in [0.717, 1.165) is 15.4 Å². The Morgan fingerprint density at radius 3 is 2.39 bits per heavy atom. The maximum Gasteiger partial charge on any atom is 0.417 e. The van der Waals surface area contributed by atoms with Crippen molar-refractivity contribution in [1.29, 1.82) is 0 Å². The van der Waals surface area contributed by atoms with Gasteiger partial charge in [0.05, 0.1) is 19.6 Å². The Morgan fingerprint density at radius 2 is 1.77 bits per heavy atom. The van der Waals surface area contributed by atoms with Crippen molar-refractivity contribution in [3.05, 3.63) is 59.9 Å². The molecule has 0 aliphatic carbocycles. The second-order valence-corrected chi connectivity index (χ2v) is 7.67. The van der Waals surface area contributed by atoms with Crippen molar-refractivity contribution < 1.29 is 33.4 Å². The van der Waals surface area contributed by atoms with Gasteiger partial charge in [0.2, 0.25) is 0 Å². The van der Waals surface area contributed by atoms with Gasteiger partial charge in [-0.2, -0.15) is 0 Å². The molecule has 2 aliphatic rings. The van der Waals surface area contributed by atoms with Crippen LogP contribution in [0.15, 0.2) is 54.4 Å². The number of allylic oxidation sites excluding steroid dienone is 1. The number of esters is 1. The first-order chi connectivity index (χ1) is 14.7. The highest BCUT2D eigenvalue weighted by molar-refractivity contribution is 6.05. The molecular weight excluding hydrogens is 404 g/mol. The highest BCUT2D eigenvalue weighted by atomic mass is 16.6. The van der Waals surface area contributed by atoms with Crippen molar-refractivity contribution in [3.8, 4) is 0 Å². The van der Waals surface area contributed by atoms with Crippen LogP contribution in [0.4, 0.5) is 9.59 Å². The van der Waals surface area contributed by atoms with Crippen LogP contribution in [0.25, 0.3) is 0 Å². The number of cyclic esters (lactones) is 1. The summed E-state index contributed by atoms with van der Waals surface area (Å²) < 4.78 is 14.8. The van der Waals surface area contributed by atoms with Crippen LogP contribution in [0.1, 0.15) is 25.5 Å². The van der Waals surface area contributed by atoms with Crippen molar-refractivity contribution in [3.63, 3.8) is 0 Å². The van der Waals surface area contributed by atoms with E-state index in [2.05, 4.69) is 0 Å². The van der Waals surface area contributed by atoms with E-state index in [9.17, 15) is 19.2 Å². The lowest BCUT2D eigenvalue weighted by Crippen LogP contribution is -2.43. The monoisotopic (exact) mass is 428 g/mol. The summed E-state index contributed by atoms with van der Waals surface area (Å²) in [6, 6.07) is 8.36. The Labute approximate surface area is 179 Å². The van der Waals surface area contributed by atoms with Gasteiger partial charge < -0.3 is 14.2 Å². The van der Waals surface area contributed by atoms with Gasteiger partial charge in [0, 0.05) is 23.9 Å². The lowest BCUT2D eigenvalue weighted by Gasteiger charge is -2.35. The molecule has 3 amide bonds. The molecule has 164 valence electrons. The fourth-order valence-corrected chi connectivity index (χ4v) is 3.69. The van der Waals surface area contributed by atoms with Gasteiger partial charge in [0.1, 0.15) is 12.6 Å². The number of carbonyl (C=O) groups excluding carboxylic acids is 4. The number of hydrogen-bond donors (Lipinski definition) is 0. The van der Waals surface area contributed by atoms with Crippen LogP contribution < -0.4 is 0 Å². The summed E-state index contributed by atoms with van der Waals surface area (Å²) >= 11 is 0. The number of nitrogens with zero attached hydrogens (tertiary/aromatic N) is 2. The van der Waals surface area contributed by atoms with Gasteiger partial charge in [-0.15, -0.1) is 0 Å². The molecule has 31 heavy (non-hydrogen) atoms. The molecule has 9 heteroatoms. The first-order valence-corrected chi connectivity index (χ1v) is 9.62. The predicted molar refractivity (Wildman–Crippen MR) is 108 cm³/mol. The summed E-state index contributed by atoms with van der Waals surface area (Å²) in [5.41, 5.74) is -0.369. The Kier molecular flexibility index (Phi) is 6.14. The average Bonchev–Trinajstić information content (AvgIpc) is 3.18. The second-order valence-electron chi connectivity index (χ2n) is 7.67. The Bertz CT molecular complexity index is 952. The van der Waals surface area contributed by atoms with Crippen LogP contribution in [-0.4, -0.2) is 54.7 Å². The Balaban J connectivity index is 2.04. The fraction of sp³-hybridized carbons (Fsp3) is 0.364. The van der Waals surface area contributed by atoms with Gasteiger partial charge in [-0.25, -0.2) is 14.5 Å². The minimum absolute atomic E-state index is 0.00346. The molecule has 0 saturated carbocycles. The molecule has 0 radical (unpaired) electrons. The third-order valence-corrected chi connectivity index (χ3v) is 5.45. The molecule has 1 fully saturated rings. The normalized spacial score (nSPS) is 20.8. The maximum absolute atomic E-state index is 13.6. The fourth-order valence-electron chi connectivity index (χ4n) is 3.69. The van der Waals surface area contributed by atoms with Gasteiger partial charge in [0.15, 0.2) is 0 Å². The highest BCUT2D eigenvalue weighted by Gasteiger charge is 2.47. The predicted octanol–water partition coefficient (Wildman–Crippen LogP) is 3.00. The van der Waals surface area contributed by atoms with Crippen LogP contribution in [0, 0.1) is 11.3 Å². The number of methoxy groups -OCH3 is 2. The second kappa shape index (κ2) is 8.63. The highest BCUT2D eigenvalue weighted by Crippen LogP contribution is 2.40. The Morgan fingerprint density at radius 1 is 1.10 bits per heavy atom. The molecule has 9 nitrogen and oxygen atoms in total. The molecule has 1 saturated heterocycles. The van der Waals surface area contributed by atoms with Gasteiger partial charge in [-0.05, 0) is 19.4 Å². The standard InChI is InChI=1S/C22H24N2O7/c1-22(2,19(26)29-3)16-10-11-23(20(27)30-4)12-15(16)18(25)24-17(13-31-21(24)28)14-8-6-5-7-9-14/h5-12,16-17H,13H2,1-4H3/t16-,17-/m1/s1. The largest absolute Gasteiger partial charge is 0.469 e. The van der Waals surface area contributed by atoms with E-state index in [1.54, 1.807) is 44.2 Å². The summed E-state index contributed by atoms with van der Waals surface area (Å²) in [6.45, 7) is 3.25. The number of ether oxygens (including phenoxy) is 3. The summed E-state index contributed by atoms with van der Waals surface area (Å²) in [7, 11) is 2.46. The number of imide groups is 1.